The summed E-state index contributed by atoms with van der Waals surface area (Å²) in [6.45, 7) is 3.15. The van der Waals surface area contributed by atoms with Crippen molar-refractivity contribution in [3.8, 4) is 0 Å². The summed E-state index contributed by atoms with van der Waals surface area (Å²) >= 11 is 0. The second-order valence-electron chi connectivity index (χ2n) is 6.78. The van der Waals surface area contributed by atoms with Crippen LogP contribution in [0.4, 0.5) is 8.78 Å². The number of piperidine rings is 1. The molecule has 0 bridgehead atoms. The topological polar surface area (TPSA) is 53.8 Å². The Morgan fingerprint density at radius 2 is 2.00 bits per heavy atom. The number of likely N-dealkylation sites (tertiary alicyclic amines) is 2. The van der Waals surface area contributed by atoms with Crippen LogP contribution in [0, 0.1) is 19.3 Å². The molecule has 5 nitrogen and oxygen atoms in total. The summed E-state index contributed by atoms with van der Waals surface area (Å²) in [7, 11) is 1.61. The molecule has 0 saturated carbocycles. The Bertz CT molecular complexity index is 670. The molecule has 0 aliphatic carbocycles. The maximum Gasteiger partial charge on any atom is 0.266 e. The SMILES string of the molecule is Cc1cc(C(=O)N2CC(F)(F)CC3(CCN(C)C3=O)C2)c(C)o1. The van der Waals surface area contributed by atoms with Crippen molar-refractivity contribution in [3.05, 3.63) is 23.2 Å². The lowest BCUT2D eigenvalue weighted by molar-refractivity contribution is -0.150. The highest BCUT2D eigenvalue weighted by atomic mass is 19.3. The maximum atomic E-state index is 14.2. The third kappa shape index (κ3) is 2.62. The molecule has 2 aliphatic rings. The van der Waals surface area contributed by atoms with Crippen LogP contribution in [0.25, 0.3) is 0 Å². The van der Waals surface area contributed by atoms with Crippen molar-refractivity contribution in [1.82, 2.24) is 9.80 Å². The van der Waals surface area contributed by atoms with Crippen molar-refractivity contribution in [2.24, 2.45) is 5.41 Å². The molecule has 126 valence electrons. The van der Waals surface area contributed by atoms with E-state index in [2.05, 4.69) is 0 Å². The number of carbonyl (C=O) groups excluding carboxylic acids is 2. The number of alkyl halides is 2. The Hall–Kier alpha value is -1.92. The molecule has 2 fully saturated rings. The Morgan fingerprint density at radius 1 is 1.30 bits per heavy atom. The lowest BCUT2D eigenvalue weighted by Gasteiger charge is -2.42. The highest BCUT2D eigenvalue weighted by Crippen LogP contribution is 2.45. The maximum absolute atomic E-state index is 14.2. The standard InChI is InChI=1S/C16H20F2N2O3/c1-10-6-12(11(2)23-10)13(21)20-8-15(7-16(17,18)9-20)4-5-19(3)14(15)22/h6H,4-5,7-9H2,1-3H3. The van der Waals surface area contributed by atoms with Crippen molar-refractivity contribution in [3.63, 3.8) is 0 Å². The van der Waals surface area contributed by atoms with E-state index in [4.69, 9.17) is 4.42 Å². The summed E-state index contributed by atoms with van der Waals surface area (Å²) in [6.07, 6.45) is -0.137. The first kappa shape index (κ1) is 16.0. The summed E-state index contributed by atoms with van der Waals surface area (Å²) < 4.78 is 33.8. The molecule has 0 radical (unpaired) electrons. The Labute approximate surface area is 133 Å². The van der Waals surface area contributed by atoms with Gasteiger partial charge >= 0.3 is 0 Å². The lowest BCUT2D eigenvalue weighted by Crippen LogP contribution is -2.57. The van der Waals surface area contributed by atoms with E-state index in [0.717, 1.165) is 4.90 Å². The minimum absolute atomic E-state index is 0.0360. The van der Waals surface area contributed by atoms with Crippen LogP contribution in [-0.4, -0.2) is 54.2 Å². The van der Waals surface area contributed by atoms with Gasteiger partial charge in [0, 0.05) is 26.6 Å². The Balaban J connectivity index is 1.92. The number of hydrogen-bond donors (Lipinski definition) is 0. The van der Waals surface area contributed by atoms with E-state index < -0.39 is 30.2 Å². The highest BCUT2D eigenvalue weighted by Gasteiger charge is 2.57. The van der Waals surface area contributed by atoms with Crippen molar-refractivity contribution < 1.29 is 22.8 Å². The largest absolute Gasteiger partial charge is 0.466 e. The predicted molar refractivity (Wildman–Crippen MR) is 78.3 cm³/mol. The molecular weight excluding hydrogens is 306 g/mol. The molecule has 2 saturated heterocycles. The number of furan rings is 1. The second kappa shape index (κ2) is 5.04. The number of rotatable bonds is 1. The first-order valence-corrected chi connectivity index (χ1v) is 7.63. The molecule has 1 aromatic heterocycles. The van der Waals surface area contributed by atoms with Gasteiger partial charge < -0.3 is 14.2 Å². The third-order valence-corrected chi connectivity index (χ3v) is 4.80. The monoisotopic (exact) mass is 326 g/mol. The number of hydrogen-bond acceptors (Lipinski definition) is 3. The highest BCUT2D eigenvalue weighted by molar-refractivity contribution is 5.96. The average molecular weight is 326 g/mol. The minimum Gasteiger partial charge on any atom is -0.466 e. The summed E-state index contributed by atoms with van der Waals surface area (Å²) in [5.41, 5.74) is -0.882. The first-order chi connectivity index (χ1) is 10.6. The fourth-order valence-corrected chi connectivity index (χ4v) is 3.77. The molecular formula is C16H20F2N2O3. The zero-order valence-corrected chi connectivity index (χ0v) is 13.5. The zero-order valence-electron chi connectivity index (χ0n) is 13.5. The van der Waals surface area contributed by atoms with Crippen LogP contribution in [0.3, 0.4) is 0 Å². The minimum atomic E-state index is -3.07. The second-order valence-corrected chi connectivity index (χ2v) is 6.78. The van der Waals surface area contributed by atoms with Crippen LogP contribution in [0.5, 0.6) is 0 Å². The zero-order chi connectivity index (χ0) is 17.0. The summed E-state index contributed by atoms with van der Waals surface area (Å²) in [5.74, 6) is -2.90. The fraction of sp³-hybridized carbons (Fsp3) is 0.625. The molecule has 0 aromatic carbocycles. The van der Waals surface area contributed by atoms with E-state index in [0.29, 0.717) is 24.5 Å². The van der Waals surface area contributed by atoms with Crippen molar-refractivity contribution in [2.75, 3.05) is 26.7 Å². The summed E-state index contributed by atoms with van der Waals surface area (Å²) in [4.78, 5) is 27.6. The van der Waals surface area contributed by atoms with E-state index in [1.807, 2.05) is 0 Å². The molecule has 1 aromatic rings. The van der Waals surface area contributed by atoms with Gasteiger partial charge in [0.1, 0.15) is 11.5 Å². The van der Waals surface area contributed by atoms with E-state index >= 15 is 0 Å². The van der Waals surface area contributed by atoms with E-state index in [9.17, 15) is 18.4 Å². The molecule has 7 heteroatoms. The van der Waals surface area contributed by atoms with Crippen LogP contribution in [0.1, 0.15) is 34.7 Å². The molecule has 3 rings (SSSR count). The van der Waals surface area contributed by atoms with Crippen LogP contribution in [-0.2, 0) is 4.79 Å². The first-order valence-electron chi connectivity index (χ1n) is 7.63. The van der Waals surface area contributed by atoms with E-state index in [1.165, 1.54) is 4.90 Å². The predicted octanol–water partition coefficient (Wildman–Crippen LogP) is 2.23. The molecule has 3 heterocycles. The van der Waals surface area contributed by atoms with Crippen molar-refractivity contribution in [2.45, 2.75) is 32.6 Å². The summed E-state index contributed by atoms with van der Waals surface area (Å²) in [5, 5.41) is 0. The van der Waals surface area contributed by atoms with Gasteiger partial charge in [-0.3, -0.25) is 9.59 Å². The van der Waals surface area contributed by atoms with Gasteiger partial charge in [-0.25, -0.2) is 8.78 Å². The van der Waals surface area contributed by atoms with Gasteiger partial charge in [0.05, 0.1) is 17.5 Å². The van der Waals surface area contributed by atoms with Gasteiger partial charge in [0.25, 0.3) is 11.8 Å². The van der Waals surface area contributed by atoms with Gasteiger partial charge in [-0.15, -0.1) is 0 Å². The molecule has 1 atom stereocenters. The Morgan fingerprint density at radius 3 is 2.52 bits per heavy atom. The summed E-state index contributed by atoms with van der Waals surface area (Å²) in [6, 6.07) is 1.56. The van der Waals surface area contributed by atoms with Crippen LogP contribution in [0.15, 0.2) is 10.5 Å². The van der Waals surface area contributed by atoms with Gasteiger partial charge in [-0.2, -0.15) is 0 Å². The number of halogens is 2. The van der Waals surface area contributed by atoms with Crippen LogP contribution < -0.4 is 0 Å². The van der Waals surface area contributed by atoms with Gasteiger partial charge in [0.2, 0.25) is 5.91 Å². The number of carbonyl (C=O) groups is 2. The van der Waals surface area contributed by atoms with E-state index in [-0.39, 0.29) is 18.0 Å². The average Bonchev–Trinajstić information content (AvgIpc) is 2.91. The van der Waals surface area contributed by atoms with Gasteiger partial charge in [0.15, 0.2) is 0 Å². The number of amides is 2. The smallest absolute Gasteiger partial charge is 0.266 e. The quantitative estimate of drug-likeness (QED) is 0.795. The third-order valence-electron chi connectivity index (χ3n) is 4.80. The van der Waals surface area contributed by atoms with Crippen LogP contribution >= 0.6 is 0 Å². The number of aryl methyl sites for hydroxylation is 2. The fourth-order valence-electron chi connectivity index (χ4n) is 3.77. The molecule has 2 amide bonds. The number of nitrogens with zero attached hydrogens (tertiary/aromatic N) is 2. The molecule has 23 heavy (non-hydrogen) atoms. The molecule has 0 N–H and O–H groups in total. The Kier molecular flexibility index (Phi) is 3.50. The molecule has 1 spiro atoms. The normalized spacial score (nSPS) is 27.1. The lowest BCUT2D eigenvalue weighted by atomic mass is 9.76. The van der Waals surface area contributed by atoms with Gasteiger partial charge in [-0.1, -0.05) is 0 Å². The molecule has 2 aliphatic heterocycles. The van der Waals surface area contributed by atoms with Crippen molar-refractivity contribution in [1.29, 1.82) is 0 Å². The van der Waals surface area contributed by atoms with Gasteiger partial charge in [-0.05, 0) is 26.3 Å². The van der Waals surface area contributed by atoms with Crippen LogP contribution in [0.2, 0.25) is 0 Å². The van der Waals surface area contributed by atoms with E-state index in [1.54, 1.807) is 27.0 Å². The van der Waals surface area contributed by atoms with Crippen molar-refractivity contribution >= 4 is 11.8 Å². The molecule has 1 unspecified atom stereocenters.